The van der Waals surface area contributed by atoms with Crippen LogP contribution >= 0.6 is 55.1 Å². The molecule has 2 rings (SSSR count). The van der Waals surface area contributed by atoms with Crippen LogP contribution in [-0.2, 0) is 5.88 Å². The molecule has 0 atom stereocenters. The van der Waals surface area contributed by atoms with E-state index in [4.69, 9.17) is 27.9 Å². The minimum Gasteiger partial charge on any atom is -0.454 e. The van der Waals surface area contributed by atoms with Crippen molar-refractivity contribution in [3.05, 3.63) is 55.9 Å². The molecular formula is C13H8Br2Cl2O. The number of ether oxygens (including phenoxy) is 1. The summed E-state index contributed by atoms with van der Waals surface area (Å²) in [6.45, 7) is 0. The van der Waals surface area contributed by atoms with Gasteiger partial charge in [0.25, 0.3) is 0 Å². The van der Waals surface area contributed by atoms with Crippen LogP contribution in [0.3, 0.4) is 0 Å². The number of para-hydroxylation sites is 1. The average Bonchev–Trinajstić information content (AvgIpc) is 2.34. The molecule has 0 saturated heterocycles. The number of halogens is 4. The molecular weight excluding hydrogens is 403 g/mol. The van der Waals surface area contributed by atoms with Crippen LogP contribution in [0.4, 0.5) is 0 Å². The van der Waals surface area contributed by atoms with Crippen molar-refractivity contribution in [3.8, 4) is 11.5 Å². The van der Waals surface area contributed by atoms with Gasteiger partial charge < -0.3 is 4.74 Å². The monoisotopic (exact) mass is 408 g/mol. The topological polar surface area (TPSA) is 9.23 Å². The Morgan fingerprint density at radius 1 is 1.11 bits per heavy atom. The normalized spacial score (nSPS) is 10.4. The summed E-state index contributed by atoms with van der Waals surface area (Å²) in [6, 6.07) is 11.2. The molecule has 0 fully saturated rings. The first-order chi connectivity index (χ1) is 8.61. The maximum Gasteiger partial charge on any atom is 0.150 e. The van der Waals surface area contributed by atoms with Gasteiger partial charge in [-0.3, -0.25) is 0 Å². The molecule has 94 valence electrons. The number of alkyl halides is 1. The molecule has 0 aromatic heterocycles. The smallest absolute Gasteiger partial charge is 0.150 e. The fraction of sp³-hybridized carbons (Fsp3) is 0.0769. The molecule has 0 bridgehead atoms. The van der Waals surface area contributed by atoms with E-state index >= 15 is 0 Å². The predicted octanol–water partition coefficient (Wildman–Crippen LogP) is 6.40. The first-order valence-electron chi connectivity index (χ1n) is 5.08. The van der Waals surface area contributed by atoms with Crippen molar-refractivity contribution in [2.45, 2.75) is 5.88 Å². The summed E-state index contributed by atoms with van der Waals surface area (Å²) in [7, 11) is 0. The molecule has 1 nitrogen and oxygen atoms in total. The van der Waals surface area contributed by atoms with E-state index < -0.39 is 0 Å². The van der Waals surface area contributed by atoms with Gasteiger partial charge in [-0.05, 0) is 40.2 Å². The van der Waals surface area contributed by atoms with Gasteiger partial charge in [-0.2, -0.15) is 0 Å². The molecule has 2 aromatic rings. The van der Waals surface area contributed by atoms with Gasteiger partial charge in [0.05, 0.1) is 15.4 Å². The summed E-state index contributed by atoms with van der Waals surface area (Å²) in [5.41, 5.74) is 0.860. The standard InChI is InChI=1S/C13H8Br2Cl2O/c14-9-4-5-12(10(15)6-9)18-13-8(7-16)2-1-3-11(13)17/h1-6H,7H2. The van der Waals surface area contributed by atoms with Crippen LogP contribution in [0, 0.1) is 0 Å². The summed E-state index contributed by atoms with van der Waals surface area (Å²) >= 11 is 18.8. The van der Waals surface area contributed by atoms with Crippen molar-refractivity contribution in [2.75, 3.05) is 0 Å². The van der Waals surface area contributed by atoms with Crippen LogP contribution in [0.25, 0.3) is 0 Å². The Labute approximate surface area is 132 Å². The predicted molar refractivity (Wildman–Crippen MR) is 82.9 cm³/mol. The van der Waals surface area contributed by atoms with Gasteiger partial charge in [0.2, 0.25) is 0 Å². The lowest BCUT2D eigenvalue weighted by Gasteiger charge is -2.12. The summed E-state index contributed by atoms with van der Waals surface area (Å²) < 4.78 is 7.65. The van der Waals surface area contributed by atoms with E-state index in [0.29, 0.717) is 22.4 Å². The van der Waals surface area contributed by atoms with E-state index in [1.165, 1.54) is 0 Å². The van der Waals surface area contributed by atoms with Crippen molar-refractivity contribution in [1.82, 2.24) is 0 Å². The molecule has 0 amide bonds. The van der Waals surface area contributed by atoms with Gasteiger partial charge >= 0.3 is 0 Å². The van der Waals surface area contributed by atoms with Gasteiger partial charge in [-0.25, -0.2) is 0 Å². The van der Waals surface area contributed by atoms with Crippen LogP contribution in [0.1, 0.15) is 5.56 Å². The quantitative estimate of drug-likeness (QED) is 0.532. The Hall–Kier alpha value is -0.220. The molecule has 5 heteroatoms. The number of rotatable bonds is 3. The lowest BCUT2D eigenvalue weighted by molar-refractivity contribution is 0.475. The Kier molecular flexibility index (Phi) is 4.96. The first kappa shape index (κ1) is 14.2. The lowest BCUT2D eigenvalue weighted by atomic mass is 10.2. The van der Waals surface area contributed by atoms with Crippen LogP contribution in [0.5, 0.6) is 11.5 Å². The van der Waals surface area contributed by atoms with E-state index in [0.717, 1.165) is 14.5 Å². The zero-order valence-corrected chi connectivity index (χ0v) is 13.8. The molecule has 0 unspecified atom stereocenters. The molecule has 0 aliphatic heterocycles. The molecule has 0 aliphatic rings. The van der Waals surface area contributed by atoms with Crippen molar-refractivity contribution in [1.29, 1.82) is 0 Å². The molecule has 0 heterocycles. The second-order valence-electron chi connectivity index (χ2n) is 3.54. The minimum atomic E-state index is 0.351. The molecule has 0 radical (unpaired) electrons. The average molecular weight is 411 g/mol. The van der Waals surface area contributed by atoms with Crippen LogP contribution in [0.2, 0.25) is 5.02 Å². The molecule has 0 saturated carbocycles. The van der Waals surface area contributed by atoms with Crippen molar-refractivity contribution >= 4 is 55.1 Å². The molecule has 0 N–H and O–H groups in total. The van der Waals surface area contributed by atoms with E-state index in [1.807, 2.05) is 30.3 Å². The van der Waals surface area contributed by atoms with Gasteiger partial charge in [-0.15, -0.1) is 11.6 Å². The number of hydrogen-bond donors (Lipinski definition) is 0. The van der Waals surface area contributed by atoms with E-state index in [9.17, 15) is 0 Å². The van der Waals surface area contributed by atoms with Crippen molar-refractivity contribution < 1.29 is 4.74 Å². The zero-order chi connectivity index (χ0) is 13.1. The fourth-order valence-electron chi connectivity index (χ4n) is 1.44. The highest BCUT2D eigenvalue weighted by Crippen LogP contribution is 2.37. The second kappa shape index (κ2) is 6.29. The Morgan fingerprint density at radius 3 is 2.56 bits per heavy atom. The highest BCUT2D eigenvalue weighted by molar-refractivity contribution is 9.11. The largest absolute Gasteiger partial charge is 0.454 e. The third-order valence-electron chi connectivity index (χ3n) is 2.30. The Balaban J connectivity index is 2.39. The molecule has 2 aromatic carbocycles. The van der Waals surface area contributed by atoms with Crippen molar-refractivity contribution in [2.24, 2.45) is 0 Å². The number of benzene rings is 2. The Bertz CT molecular complexity index is 573. The van der Waals surface area contributed by atoms with Gasteiger partial charge in [0, 0.05) is 10.0 Å². The molecule has 18 heavy (non-hydrogen) atoms. The van der Waals surface area contributed by atoms with Crippen LogP contribution in [0.15, 0.2) is 45.3 Å². The highest BCUT2D eigenvalue weighted by Gasteiger charge is 2.11. The van der Waals surface area contributed by atoms with Crippen LogP contribution in [-0.4, -0.2) is 0 Å². The summed E-state index contributed by atoms with van der Waals surface area (Å²) in [4.78, 5) is 0. The third-order valence-corrected chi connectivity index (χ3v) is 4.00. The molecule has 0 spiro atoms. The summed E-state index contributed by atoms with van der Waals surface area (Å²) in [6.07, 6.45) is 0. The van der Waals surface area contributed by atoms with E-state index in [2.05, 4.69) is 31.9 Å². The first-order valence-corrected chi connectivity index (χ1v) is 7.58. The van der Waals surface area contributed by atoms with Gasteiger partial charge in [-0.1, -0.05) is 39.7 Å². The van der Waals surface area contributed by atoms with Gasteiger partial charge in [0.1, 0.15) is 11.5 Å². The van der Waals surface area contributed by atoms with E-state index in [1.54, 1.807) is 6.07 Å². The fourth-order valence-corrected chi connectivity index (χ4v) is 3.01. The van der Waals surface area contributed by atoms with Gasteiger partial charge in [0.15, 0.2) is 0 Å². The SMILES string of the molecule is ClCc1cccc(Cl)c1Oc1ccc(Br)cc1Br. The third kappa shape index (κ3) is 3.21. The van der Waals surface area contributed by atoms with E-state index in [-0.39, 0.29) is 0 Å². The Morgan fingerprint density at radius 2 is 1.89 bits per heavy atom. The highest BCUT2D eigenvalue weighted by atomic mass is 79.9. The second-order valence-corrected chi connectivity index (χ2v) is 5.98. The summed E-state index contributed by atoms with van der Waals surface area (Å²) in [5.74, 6) is 1.64. The maximum absolute atomic E-state index is 6.13. The minimum absolute atomic E-state index is 0.351. The maximum atomic E-state index is 6.13. The van der Waals surface area contributed by atoms with Crippen LogP contribution < -0.4 is 4.74 Å². The number of hydrogen-bond acceptors (Lipinski definition) is 1. The summed E-state index contributed by atoms with van der Waals surface area (Å²) in [5, 5.41) is 0.544. The molecule has 0 aliphatic carbocycles. The lowest BCUT2D eigenvalue weighted by Crippen LogP contribution is -1.91. The van der Waals surface area contributed by atoms with Crippen molar-refractivity contribution in [3.63, 3.8) is 0 Å². The zero-order valence-electron chi connectivity index (χ0n) is 9.09.